The Hall–Kier alpha value is -4.43. The molecule has 8 nitrogen and oxygen atoms in total. The maximum absolute atomic E-state index is 14.1. The molecule has 0 aliphatic heterocycles. The van der Waals surface area contributed by atoms with Crippen LogP contribution in [-0.2, 0) is 19.7 Å². The number of nitrogens with one attached hydrogen (secondary N) is 1. The standard InChI is InChI=1S/C33H38N4O4/c1-33(2,3)28-22-29(37(35-28)26-16-18-27(41-5)19-17-26)34-30(38)23-36(20-21-40-4)32(39)31(24-12-8-6-9-13-24)25-14-10-7-11-15-25/h6-19,22,31H,20-21,23H2,1-5H3,(H,34,38). The second kappa shape index (κ2) is 13.3. The zero-order valence-electron chi connectivity index (χ0n) is 24.3. The number of rotatable bonds is 11. The highest BCUT2D eigenvalue weighted by molar-refractivity contribution is 5.96. The van der Waals surface area contributed by atoms with Crippen LogP contribution in [0.25, 0.3) is 5.69 Å². The fraction of sp³-hybridized carbons (Fsp3) is 0.303. The molecule has 0 radical (unpaired) electrons. The van der Waals surface area contributed by atoms with Crippen molar-refractivity contribution in [2.45, 2.75) is 32.1 Å². The number of methoxy groups -OCH3 is 2. The summed E-state index contributed by atoms with van der Waals surface area (Å²) in [7, 11) is 3.19. The molecule has 41 heavy (non-hydrogen) atoms. The molecule has 0 bridgehead atoms. The number of carbonyl (C=O) groups excluding carboxylic acids is 2. The molecule has 0 atom stereocenters. The number of amides is 2. The Morgan fingerprint density at radius 1 is 0.902 bits per heavy atom. The highest BCUT2D eigenvalue weighted by Gasteiger charge is 2.29. The van der Waals surface area contributed by atoms with Crippen molar-refractivity contribution in [3.8, 4) is 11.4 Å². The minimum atomic E-state index is -0.556. The summed E-state index contributed by atoms with van der Waals surface area (Å²) >= 11 is 0. The quantitative estimate of drug-likeness (QED) is 0.268. The molecule has 8 heteroatoms. The van der Waals surface area contributed by atoms with Gasteiger partial charge in [0.15, 0.2) is 0 Å². The molecule has 0 spiro atoms. The van der Waals surface area contributed by atoms with Crippen molar-refractivity contribution in [2.24, 2.45) is 0 Å². The summed E-state index contributed by atoms with van der Waals surface area (Å²) in [5.74, 6) is 0.186. The normalized spacial score (nSPS) is 11.4. The molecule has 1 heterocycles. The minimum Gasteiger partial charge on any atom is -0.497 e. The molecule has 0 saturated carbocycles. The summed E-state index contributed by atoms with van der Waals surface area (Å²) in [5, 5.41) is 7.80. The third-order valence-electron chi connectivity index (χ3n) is 6.79. The largest absolute Gasteiger partial charge is 0.497 e. The van der Waals surface area contributed by atoms with Gasteiger partial charge in [-0.15, -0.1) is 0 Å². The molecule has 4 rings (SSSR count). The molecule has 1 N–H and O–H groups in total. The summed E-state index contributed by atoms with van der Waals surface area (Å²) in [5.41, 5.74) is 3.08. The van der Waals surface area contributed by atoms with Gasteiger partial charge in [-0.05, 0) is 35.4 Å². The van der Waals surface area contributed by atoms with Crippen LogP contribution in [-0.4, -0.2) is 60.4 Å². The van der Waals surface area contributed by atoms with Crippen molar-refractivity contribution >= 4 is 17.6 Å². The van der Waals surface area contributed by atoms with E-state index < -0.39 is 5.92 Å². The number of nitrogens with zero attached hydrogens (tertiary/aromatic N) is 3. The van der Waals surface area contributed by atoms with Gasteiger partial charge in [0, 0.05) is 25.1 Å². The van der Waals surface area contributed by atoms with Crippen molar-refractivity contribution in [1.82, 2.24) is 14.7 Å². The Bertz CT molecular complexity index is 1390. The van der Waals surface area contributed by atoms with Gasteiger partial charge in [0.05, 0.1) is 31.0 Å². The van der Waals surface area contributed by atoms with E-state index in [9.17, 15) is 9.59 Å². The average molecular weight is 555 g/mol. The summed E-state index contributed by atoms with van der Waals surface area (Å²) in [6.45, 7) is 6.63. The Balaban J connectivity index is 1.62. The lowest BCUT2D eigenvalue weighted by Crippen LogP contribution is -2.42. The first kappa shape index (κ1) is 29.6. The first-order valence-corrected chi connectivity index (χ1v) is 13.6. The first-order chi connectivity index (χ1) is 19.7. The van der Waals surface area contributed by atoms with Gasteiger partial charge in [0.1, 0.15) is 18.1 Å². The fourth-order valence-corrected chi connectivity index (χ4v) is 4.53. The number of ether oxygens (including phenoxy) is 2. The lowest BCUT2D eigenvalue weighted by atomic mass is 9.90. The van der Waals surface area contributed by atoms with Crippen LogP contribution in [0.4, 0.5) is 5.82 Å². The van der Waals surface area contributed by atoms with Crippen molar-refractivity contribution < 1.29 is 19.1 Å². The first-order valence-electron chi connectivity index (χ1n) is 13.6. The van der Waals surface area contributed by atoms with Gasteiger partial charge in [0.2, 0.25) is 11.8 Å². The average Bonchev–Trinajstić information content (AvgIpc) is 3.41. The number of hydrogen-bond donors (Lipinski definition) is 1. The highest BCUT2D eigenvalue weighted by Crippen LogP contribution is 2.29. The molecule has 0 unspecified atom stereocenters. The molecular formula is C33H38N4O4. The molecule has 2 amide bonds. The molecule has 1 aromatic heterocycles. The van der Waals surface area contributed by atoms with Crippen LogP contribution in [0.1, 0.15) is 43.5 Å². The van der Waals surface area contributed by atoms with E-state index in [0.29, 0.717) is 12.4 Å². The second-order valence-electron chi connectivity index (χ2n) is 10.8. The molecule has 0 aliphatic carbocycles. The van der Waals surface area contributed by atoms with E-state index in [1.807, 2.05) is 91.0 Å². The van der Waals surface area contributed by atoms with Crippen LogP contribution < -0.4 is 10.1 Å². The maximum atomic E-state index is 14.1. The van der Waals surface area contributed by atoms with E-state index in [0.717, 1.165) is 28.3 Å². The highest BCUT2D eigenvalue weighted by atomic mass is 16.5. The van der Waals surface area contributed by atoms with E-state index in [-0.39, 0.29) is 30.3 Å². The number of aromatic nitrogens is 2. The second-order valence-corrected chi connectivity index (χ2v) is 10.8. The van der Waals surface area contributed by atoms with Gasteiger partial charge in [-0.25, -0.2) is 4.68 Å². The lowest BCUT2D eigenvalue weighted by Gasteiger charge is -2.27. The van der Waals surface area contributed by atoms with Crippen molar-refractivity contribution in [3.63, 3.8) is 0 Å². The summed E-state index contributed by atoms with van der Waals surface area (Å²) < 4.78 is 12.3. The smallest absolute Gasteiger partial charge is 0.245 e. The van der Waals surface area contributed by atoms with Gasteiger partial charge >= 0.3 is 0 Å². The molecule has 3 aromatic carbocycles. The zero-order valence-corrected chi connectivity index (χ0v) is 24.3. The predicted molar refractivity (Wildman–Crippen MR) is 161 cm³/mol. The third kappa shape index (κ3) is 7.41. The Morgan fingerprint density at radius 2 is 1.49 bits per heavy atom. The van der Waals surface area contributed by atoms with E-state index in [1.54, 1.807) is 23.8 Å². The zero-order chi connectivity index (χ0) is 29.4. The van der Waals surface area contributed by atoms with Crippen LogP contribution >= 0.6 is 0 Å². The number of anilines is 1. The van der Waals surface area contributed by atoms with Gasteiger partial charge in [-0.1, -0.05) is 81.4 Å². The lowest BCUT2D eigenvalue weighted by molar-refractivity contribution is -0.135. The summed E-state index contributed by atoms with van der Waals surface area (Å²) in [6.07, 6.45) is 0. The Labute approximate surface area is 241 Å². The molecule has 4 aromatic rings. The van der Waals surface area contributed by atoms with Crippen molar-refractivity contribution in [2.75, 3.05) is 39.2 Å². The number of carbonyl (C=O) groups is 2. The SMILES string of the molecule is COCCN(CC(=O)Nc1cc(C(C)(C)C)nn1-c1ccc(OC)cc1)C(=O)C(c1ccccc1)c1ccccc1. The maximum Gasteiger partial charge on any atom is 0.245 e. The van der Waals surface area contributed by atoms with Gasteiger partial charge < -0.3 is 19.7 Å². The topological polar surface area (TPSA) is 85.7 Å². The van der Waals surface area contributed by atoms with Crippen LogP contribution in [0.15, 0.2) is 91.0 Å². The molecule has 0 aliphatic rings. The van der Waals surface area contributed by atoms with Crippen LogP contribution in [0.2, 0.25) is 0 Å². The molecule has 0 fully saturated rings. The molecule has 214 valence electrons. The van der Waals surface area contributed by atoms with Crippen LogP contribution in [0.3, 0.4) is 0 Å². The summed E-state index contributed by atoms with van der Waals surface area (Å²) in [4.78, 5) is 29.2. The Morgan fingerprint density at radius 3 is 2.00 bits per heavy atom. The monoisotopic (exact) mass is 554 g/mol. The Kier molecular flexibility index (Phi) is 9.57. The van der Waals surface area contributed by atoms with Crippen molar-refractivity contribution in [3.05, 3.63) is 108 Å². The fourth-order valence-electron chi connectivity index (χ4n) is 4.53. The molecule has 0 saturated heterocycles. The van der Waals surface area contributed by atoms with Gasteiger partial charge in [0.25, 0.3) is 0 Å². The van der Waals surface area contributed by atoms with E-state index >= 15 is 0 Å². The summed E-state index contributed by atoms with van der Waals surface area (Å²) in [6, 6.07) is 28.6. The van der Waals surface area contributed by atoms with E-state index in [2.05, 4.69) is 26.1 Å². The predicted octanol–water partition coefficient (Wildman–Crippen LogP) is 5.42. The van der Waals surface area contributed by atoms with E-state index in [4.69, 9.17) is 14.6 Å². The molecular weight excluding hydrogens is 516 g/mol. The minimum absolute atomic E-state index is 0.142. The number of benzene rings is 3. The van der Waals surface area contributed by atoms with Gasteiger partial charge in [-0.2, -0.15) is 5.10 Å². The number of hydrogen-bond acceptors (Lipinski definition) is 5. The van der Waals surface area contributed by atoms with Crippen molar-refractivity contribution in [1.29, 1.82) is 0 Å². The van der Waals surface area contributed by atoms with Gasteiger partial charge in [-0.3, -0.25) is 9.59 Å². The van der Waals surface area contributed by atoms with E-state index in [1.165, 1.54) is 0 Å². The third-order valence-corrected chi connectivity index (χ3v) is 6.79. The van der Waals surface area contributed by atoms with Crippen LogP contribution in [0, 0.1) is 0 Å². The van der Waals surface area contributed by atoms with Crippen LogP contribution in [0.5, 0.6) is 5.75 Å².